The molecule has 2 rings (SSSR count). The van der Waals surface area contributed by atoms with E-state index < -0.39 is 0 Å². The Morgan fingerprint density at radius 2 is 2.27 bits per heavy atom. The molecule has 0 saturated carbocycles. The molecule has 2 aromatic rings. The molecule has 0 N–H and O–H groups in total. The number of hydrogen-bond acceptors (Lipinski definition) is 1. The summed E-state index contributed by atoms with van der Waals surface area (Å²) in [6.45, 7) is 4.98. The van der Waals surface area contributed by atoms with Crippen LogP contribution in [-0.2, 0) is 6.54 Å². The van der Waals surface area contributed by atoms with Crippen molar-refractivity contribution >= 4 is 45.2 Å². The zero-order valence-corrected chi connectivity index (χ0v) is 11.6. The fourth-order valence-corrected chi connectivity index (χ4v) is 2.40. The summed E-state index contributed by atoms with van der Waals surface area (Å²) in [7, 11) is 0. The maximum Gasteiger partial charge on any atom is 0.127 e. The first-order valence-corrected chi connectivity index (χ1v) is 6.44. The number of alkyl halides is 1. The maximum absolute atomic E-state index is 6.11. The van der Waals surface area contributed by atoms with Gasteiger partial charge < -0.3 is 4.57 Å². The van der Waals surface area contributed by atoms with Crippen molar-refractivity contribution in [1.82, 2.24) is 9.55 Å². The molecule has 2 nitrogen and oxygen atoms in total. The second-order valence-corrected chi connectivity index (χ2v) is 5.36. The Morgan fingerprint density at radius 1 is 1.53 bits per heavy atom. The molecule has 0 amide bonds. The Bertz CT molecular complexity index is 491. The van der Waals surface area contributed by atoms with Gasteiger partial charge in [-0.3, -0.25) is 0 Å². The molecule has 0 aliphatic carbocycles. The van der Waals surface area contributed by atoms with Crippen molar-refractivity contribution < 1.29 is 0 Å². The fraction of sp³-hybridized carbons (Fsp3) is 0.364. The first kappa shape index (κ1) is 11.2. The molecule has 4 heteroatoms. The van der Waals surface area contributed by atoms with Gasteiger partial charge in [-0.1, -0.05) is 0 Å². The second kappa shape index (κ2) is 4.29. The number of hydrogen-bond donors (Lipinski definition) is 0. The SMILES string of the molecule is CCn1c(C(C)Cl)nc2cc(I)ccc21. The maximum atomic E-state index is 6.11. The van der Waals surface area contributed by atoms with Crippen LogP contribution >= 0.6 is 34.2 Å². The van der Waals surface area contributed by atoms with Gasteiger partial charge in [0.25, 0.3) is 0 Å². The molecule has 1 heterocycles. The Labute approximate surface area is 108 Å². The summed E-state index contributed by atoms with van der Waals surface area (Å²) in [6.07, 6.45) is 0. The van der Waals surface area contributed by atoms with Gasteiger partial charge in [-0.15, -0.1) is 11.6 Å². The van der Waals surface area contributed by atoms with E-state index >= 15 is 0 Å². The first-order valence-electron chi connectivity index (χ1n) is 4.93. The minimum absolute atomic E-state index is 0.0463. The molecular weight excluding hydrogens is 322 g/mol. The fourth-order valence-electron chi connectivity index (χ4n) is 1.76. The predicted octanol–water partition coefficient (Wildman–Crippen LogP) is 3.96. The number of aryl methyl sites for hydroxylation is 1. The van der Waals surface area contributed by atoms with E-state index in [1.54, 1.807) is 0 Å². The summed E-state index contributed by atoms with van der Waals surface area (Å²) in [5.74, 6) is 0.955. The van der Waals surface area contributed by atoms with Crippen molar-refractivity contribution in [3.8, 4) is 0 Å². The smallest absolute Gasteiger partial charge is 0.127 e. The summed E-state index contributed by atoms with van der Waals surface area (Å²) < 4.78 is 3.37. The molecule has 0 aliphatic heterocycles. The molecule has 1 atom stereocenters. The largest absolute Gasteiger partial charge is 0.327 e. The van der Waals surface area contributed by atoms with Crippen LogP contribution in [0.5, 0.6) is 0 Å². The molecule has 0 saturated heterocycles. The van der Waals surface area contributed by atoms with Crippen molar-refractivity contribution in [3.05, 3.63) is 27.6 Å². The Balaban J connectivity index is 2.73. The summed E-state index contributed by atoms with van der Waals surface area (Å²) in [6, 6.07) is 6.29. The Hall–Kier alpha value is -0.290. The van der Waals surface area contributed by atoms with Gasteiger partial charge in [-0.2, -0.15) is 0 Å². The average Bonchev–Trinajstić information content (AvgIpc) is 2.55. The number of aromatic nitrogens is 2. The van der Waals surface area contributed by atoms with Gasteiger partial charge in [0.15, 0.2) is 0 Å². The predicted molar refractivity (Wildman–Crippen MR) is 72.4 cm³/mol. The lowest BCUT2D eigenvalue weighted by molar-refractivity contribution is 0.717. The first-order chi connectivity index (χ1) is 7.13. The van der Waals surface area contributed by atoms with E-state index in [1.807, 2.05) is 6.92 Å². The Morgan fingerprint density at radius 3 is 2.87 bits per heavy atom. The minimum atomic E-state index is -0.0463. The monoisotopic (exact) mass is 334 g/mol. The highest BCUT2D eigenvalue weighted by atomic mass is 127. The number of halogens is 2. The lowest BCUT2D eigenvalue weighted by Gasteiger charge is -2.06. The van der Waals surface area contributed by atoms with Gasteiger partial charge in [0.1, 0.15) is 5.82 Å². The molecule has 0 aliphatic rings. The molecule has 1 unspecified atom stereocenters. The standard InChI is InChI=1S/C11H12ClIN2/c1-3-15-10-5-4-8(13)6-9(10)14-11(15)7(2)12/h4-7H,3H2,1-2H3. The normalized spacial score (nSPS) is 13.3. The van der Waals surface area contributed by atoms with Crippen LogP contribution in [0, 0.1) is 3.57 Å². The van der Waals surface area contributed by atoms with Gasteiger partial charge in [0, 0.05) is 10.1 Å². The van der Waals surface area contributed by atoms with Crippen molar-refractivity contribution in [3.63, 3.8) is 0 Å². The summed E-state index contributed by atoms with van der Waals surface area (Å²) in [4.78, 5) is 4.57. The van der Waals surface area contributed by atoms with E-state index in [0.717, 1.165) is 17.9 Å². The highest BCUT2D eigenvalue weighted by molar-refractivity contribution is 14.1. The van der Waals surface area contributed by atoms with E-state index in [4.69, 9.17) is 11.6 Å². The van der Waals surface area contributed by atoms with E-state index in [-0.39, 0.29) is 5.38 Å². The highest BCUT2D eigenvalue weighted by Gasteiger charge is 2.13. The van der Waals surface area contributed by atoms with E-state index in [0.29, 0.717) is 0 Å². The number of fused-ring (bicyclic) bond motifs is 1. The van der Waals surface area contributed by atoms with Crippen LogP contribution in [0.15, 0.2) is 18.2 Å². The quantitative estimate of drug-likeness (QED) is 0.600. The highest BCUT2D eigenvalue weighted by Crippen LogP contribution is 2.25. The van der Waals surface area contributed by atoms with Crippen LogP contribution in [0.3, 0.4) is 0 Å². The summed E-state index contributed by atoms with van der Waals surface area (Å²) >= 11 is 8.41. The minimum Gasteiger partial charge on any atom is -0.327 e. The van der Waals surface area contributed by atoms with Crippen molar-refractivity contribution in [1.29, 1.82) is 0 Å². The number of benzene rings is 1. The van der Waals surface area contributed by atoms with Crippen LogP contribution < -0.4 is 0 Å². The van der Waals surface area contributed by atoms with E-state index in [1.165, 1.54) is 9.09 Å². The molecular formula is C11H12ClIN2. The van der Waals surface area contributed by atoms with Gasteiger partial charge in [-0.05, 0) is 54.6 Å². The van der Waals surface area contributed by atoms with Crippen LogP contribution in [0.25, 0.3) is 11.0 Å². The van der Waals surface area contributed by atoms with Crippen LogP contribution in [-0.4, -0.2) is 9.55 Å². The van der Waals surface area contributed by atoms with Gasteiger partial charge in [0.05, 0.1) is 16.4 Å². The molecule has 1 aromatic carbocycles. The lowest BCUT2D eigenvalue weighted by Crippen LogP contribution is -2.01. The van der Waals surface area contributed by atoms with Gasteiger partial charge >= 0.3 is 0 Å². The molecule has 0 bridgehead atoms. The molecule has 1 aromatic heterocycles. The molecule has 0 spiro atoms. The number of imidazole rings is 1. The Kier molecular flexibility index (Phi) is 3.21. The summed E-state index contributed by atoms with van der Waals surface area (Å²) in [5, 5.41) is -0.0463. The van der Waals surface area contributed by atoms with Gasteiger partial charge in [-0.25, -0.2) is 4.98 Å². The van der Waals surface area contributed by atoms with Gasteiger partial charge in [0.2, 0.25) is 0 Å². The molecule has 0 fully saturated rings. The van der Waals surface area contributed by atoms with Crippen LogP contribution in [0.1, 0.15) is 25.0 Å². The summed E-state index contributed by atoms with van der Waals surface area (Å²) in [5.41, 5.74) is 2.20. The van der Waals surface area contributed by atoms with E-state index in [9.17, 15) is 0 Å². The zero-order chi connectivity index (χ0) is 11.0. The second-order valence-electron chi connectivity index (χ2n) is 3.46. The average molecular weight is 335 g/mol. The van der Waals surface area contributed by atoms with Crippen LogP contribution in [0.2, 0.25) is 0 Å². The van der Waals surface area contributed by atoms with Crippen molar-refractivity contribution in [2.24, 2.45) is 0 Å². The number of nitrogens with zero attached hydrogens (tertiary/aromatic N) is 2. The van der Waals surface area contributed by atoms with Crippen molar-refractivity contribution in [2.45, 2.75) is 25.8 Å². The van der Waals surface area contributed by atoms with Crippen molar-refractivity contribution in [2.75, 3.05) is 0 Å². The topological polar surface area (TPSA) is 17.8 Å². The number of rotatable bonds is 2. The third-order valence-corrected chi connectivity index (χ3v) is 3.28. The lowest BCUT2D eigenvalue weighted by atomic mass is 10.3. The third-order valence-electron chi connectivity index (χ3n) is 2.41. The van der Waals surface area contributed by atoms with E-state index in [2.05, 4.69) is 57.3 Å². The molecule has 15 heavy (non-hydrogen) atoms. The van der Waals surface area contributed by atoms with Crippen LogP contribution in [0.4, 0.5) is 0 Å². The zero-order valence-electron chi connectivity index (χ0n) is 8.67. The molecule has 80 valence electrons. The molecule has 0 radical (unpaired) electrons. The third kappa shape index (κ3) is 1.99.